The number of benzene rings is 1. The summed E-state index contributed by atoms with van der Waals surface area (Å²) in [6, 6.07) is 7.62. The summed E-state index contributed by atoms with van der Waals surface area (Å²) in [6.45, 7) is 4.98. The maximum atomic E-state index is 11.3. The fourth-order valence-corrected chi connectivity index (χ4v) is 1.75. The van der Waals surface area contributed by atoms with E-state index in [1.807, 2.05) is 24.3 Å². The van der Waals surface area contributed by atoms with Crippen LogP contribution in [0.4, 0.5) is 0 Å². The molecule has 0 aromatic heterocycles. The molecule has 0 aliphatic rings. The molecule has 19 heavy (non-hydrogen) atoms. The van der Waals surface area contributed by atoms with Gasteiger partial charge in [0, 0.05) is 6.04 Å². The minimum absolute atomic E-state index is 0.207. The Morgan fingerprint density at radius 2 is 1.95 bits per heavy atom. The van der Waals surface area contributed by atoms with E-state index in [2.05, 4.69) is 6.92 Å². The Hall–Kier alpha value is -1.55. The van der Waals surface area contributed by atoms with Crippen molar-refractivity contribution >= 4 is 5.97 Å². The van der Waals surface area contributed by atoms with E-state index in [1.165, 1.54) is 0 Å². The molecule has 0 aliphatic heterocycles. The molecular weight excluding hydrogens is 242 g/mol. The van der Waals surface area contributed by atoms with Crippen molar-refractivity contribution in [2.75, 3.05) is 13.2 Å². The molecule has 0 radical (unpaired) electrons. The Morgan fingerprint density at radius 1 is 1.26 bits per heavy atom. The third-order valence-electron chi connectivity index (χ3n) is 2.63. The highest BCUT2D eigenvalue weighted by atomic mass is 16.5. The van der Waals surface area contributed by atoms with E-state index in [9.17, 15) is 4.79 Å². The zero-order valence-corrected chi connectivity index (χ0v) is 11.7. The fraction of sp³-hybridized carbons (Fsp3) is 0.533. The number of carbonyl (C=O) groups is 1. The first-order valence-corrected chi connectivity index (χ1v) is 6.78. The number of rotatable bonds is 8. The first-order chi connectivity index (χ1) is 9.15. The minimum atomic E-state index is -0.238. The Kier molecular flexibility index (Phi) is 6.97. The fourth-order valence-electron chi connectivity index (χ4n) is 1.75. The Morgan fingerprint density at radius 3 is 2.53 bits per heavy atom. The van der Waals surface area contributed by atoms with E-state index < -0.39 is 0 Å². The van der Waals surface area contributed by atoms with Crippen LogP contribution in [0.25, 0.3) is 0 Å². The molecule has 0 heterocycles. The van der Waals surface area contributed by atoms with Crippen molar-refractivity contribution < 1.29 is 14.3 Å². The van der Waals surface area contributed by atoms with Crippen LogP contribution in [0.5, 0.6) is 5.75 Å². The van der Waals surface area contributed by atoms with Gasteiger partial charge in [-0.1, -0.05) is 19.1 Å². The second kappa shape index (κ2) is 8.53. The zero-order valence-electron chi connectivity index (χ0n) is 11.7. The molecule has 0 aliphatic carbocycles. The topological polar surface area (TPSA) is 61.5 Å². The molecule has 1 atom stereocenters. The molecule has 0 spiro atoms. The van der Waals surface area contributed by atoms with Crippen molar-refractivity contribution in [3.8, 4) is 5.75 Å². The summed E-state index contributed by atoms with van der Waals surface area (Å²) in [5.41, 5.74) is 7.02. The van der Waals surface area contributed by atoms with Crippen LogP contribution in [-0.4, -0.2) is 25.2 Å². The molecule has 0 saturated heterocycles. The molecule has 1 rings (SSSR count). The molecule has 0 saturated carbocycles. The van der Waals surface area contributed by atoms with E-state index in [1.54, 1.807) is 6.92 Å². The van der Waals surface area contributed by atoms with Crippen LogP contribution in [0.15, 0.2) is 24.3 Å². The van der Waals surface area contributed by atoms with Gasteiger partial charge in [-0.3, -0.25) is 4.79 Å². The van der Waals surface area contributed by atoms with Gasteiger partial charge in [-0.05, 0) is 37.5 Å². The summed E-state index contributed by atoms with van der Waals surface area (Å²) < 4.78 is 10.4. The van der Waals surface area contributed by atoms with Crippen molar-refractivity contribution in [3.63, 3.8) is 0 Å². The number of carbonyl (C=O) groups excluding carboxylic acids is 1. The predicted molar refractivity (Wildman–Crippen MR) is 75.2 cm³/mol. The van der Waals surface area contributed by atoms with Gasteiger partial charge < -0.3 is 15.2 Å². The molecule has 106 valence electrons. The molecular formula is C15H23NO3. The summed E-state index contributed by atoms with van der Waals surface area (Å²) in [5.74, 6) is 0.627. The number of hydrogen-bond acceptors (Lipinski definition) is 4. The number of hydrogen-bond donors (Lipinski definition) is 1. The second-order valence-electron chi connectivity index (χ2n) is 4.47. The largest absolute Gasteiger partial charge is 0.494 e. The quantitative estimate of drug-likeness (QED) is 0.733. The molecule has 1 aromatic carbocycles. The van der Waals surface area contributed by atoms with Gasteiger partial charge in [0.2, 0.25) is 0 Å². The number of nitrogens with two attached hydrogens (primary N) is 1. The molecule has 0 fully saturated rings. The SMILES string of the molecule is CCCOc1ccc(CC(N)CC(=O)OCC)cc1. The lowest BCUT2D eigenvalue weighted by Crippen LogP contribution is -2.27. The lowest BCUT2D eigenvalue weighted by atomic mass is 10.0. The van der Waals surface area contributed by atoms with Gasteiger partial charge in [0.05, 0.1) is 19.6 Å². The highest BCUT2D eigenvalue weighted by molar-refractivity contribution is 5.70. The lowest BCUT2D eigenvalue weighted by Gasteiger charge is -2.11. The van der Waals surface area contributed by atoms with Crippen LogP contribution in [-0.2, 0) is 16.0 Å². The summed E-state index contributed by atoms with van der Waals surface area (Å²) >= 11 is 0. The maximum Gasteiger partial charge on any atom is 0.307 e. The van der Waals surface area contributed by atoms with Gasteiger partial charge in [-0.2, -0.15) is 0 Å². The van der Waals surface area contributed by atoms with Crippen LogP contribution in [0.1, 0.15) is 32.3 Å². The van der Waals surface area contributed by atoms with E-state index in [4.69, 9.17) is 15.2 Å². The van der Waals surface area contributed by atoms with Crippen LogP contribution in [0.2, 0.25) is 0 Å². The van der Waals surface area contributed by atoms with Crippen LogP contribution < -0.4 is 10.5 Å². The van der Waals surface area contributed by atoms with E-state index in [0.717, 1.165) is 24.3 Å². The van der Waals surface area contributed by atoms with E-state index in [-0.39, 0.29) is 18.4 Å². The third kappa shape index (κ3) is 6.25. The molecule has 4 heteroatoms. The summed E-state index contributed by atoms with van der Waals surface area (Å²) in [6.07, 6.45) is 1.90. The normalized spacial score (nSPS) is 11.9. The lowest BCUT2D eigenvalue weighted by molar-refractivity contribution is -0.143. The van der Waals surface area contributed by atoms with Crippen LogP contribution in [0, 0.1) is 0 Å². The first kappa shape index (κ1) is 15.5. The molecule has 0 amide bonds. The Labute approximate surface area is 114 Å². The third-order valence-corrected chi connectivity index (χ3v) is 2.63. The van der Waals surface area contributed by atoms with Crippen molar-refractivity contribution in [3.05, 3.63) is 29.8 Å². The van der Waals surface area contributed by atoms with Gasteiger partial charge in [0.1, 0.15) is 5.75 Å². The highest BCUT2D eigenvalue weighted by Crippen LogP contribution is 2.14. The van der Waals surface area contributed by atoms with Gasteiger partial charge in [-0.25, -0.2) is 0 Å². The van der Waals surface area contributed by atoms with Crippen molar-refractivity contribution in [2.45, 2.75) is 39.2 Å². The smallest absolute Gasteiger partial charge is 0.307 e. The second-order valence-corrected chi connectivity index (χ2v) is 4.47. The molecule has 0 bridgehead atoms. The van der Waals surface area contributed by atoms with Gasteiger partial charge >= 0.3 is 5.97 Å². The van der Waals surface area contributed by atoms with E-state index >= 15 is 0 Å². The summed E-state index contributed by atoms with van der Waals surface area (Å²) in [4.78, 5) is 11.3. The monoisotopic (exact) mass is 265 g/mol. The summed E-state index contributed by atoms with van der Waals surface area (Å²) in [5, 5.41) is 0. The van der Waals surface area contributed by atoms with Crippen LogP contribution >= 0.6 is 0 Å². The standard InChI is InChI=1S/C15H23NO3/c1-3-9-19-14-7-5-12(6-8-14)10-13(16)11-15(17)18-4-2/h5-8,13H,3-4,9-11,16H2,1-2H3. The Balaban J connectivity index is 2.41. The maximum absolute atomic E-state index is 11.3. The first-order valence-electron chi connectivity index (χ1n) is 6.78. The van der Waals surface area contributed by atoms with Crippen LogP contribution in [0.3, 0.4) is 0 Å². The highest BCUT2D eigenvalue weighted by Gasteiger charge is 2.11. The summed E-state index contributed by atoms with van der Waals surface area (Å²) in [7, 11) is 0. The van der Waals surface area contributed by atoms with Crippen molar-refractivity contribution in [1.29, 1.82) is 0 Å². The van der Waals surface area contributed by atoms with Crippen molar-refractivity contribution in [1.82, 2.24) is 0 Å². The number of esters is 1. The van der Waals surface area contributed by atoms with Gasteiger partial charge in [0.25, 0.3) is 0 Å². The minimum Gasteiger partial charge on any atom is -0.494 e. The van der Waals surface area contributed by atoms with Gasteiger partial charge in [0.15, 0.2) is 0 Å². The molecule has 4 nitrogen and oxygen atoms in total. The van der Waals surface area contributed by atoms with Gasteiger partial charge in [-0.15, -0.1) is 0 Å². The average molecular weight is 265 g/mol. The number of ether oxygens (including phenoxy) is 2. The average Bonchev–Trinajstić information content (AvgIpc) is 2.38. The molecule has 1 aromatic rings. The van der Waals surface area contributed by atoms with E-state index in [0.29, 0.717) is 13.0 Å². The molecule has 1 unspecified atom stereocenters. The molecule has 2 N–H and O–H groups in total. The van der Waals surface area contributed by atoms with Crippen molar-refractivity contribution in [2.24, 2.45) is 5.73 Å². The zero-order chi connectivity index (χ0) is 14.1. The predicted octanol–water partition coefficient (Wildman–Crippen LogP) is 2.30. The Bertz CT molecular complexity index is 375.